The van der Waals surface area contributed by atoms with Crippen molar-refractivity contribution in [2.75, 3.05) is 4.90 Å². The van der Waals surface area contributed by atoms with Crippen LogP contribution in [0.15, 0.2) is 245 Å². The van der Waals surface area contributed by atoms with Gasteiger partial charge in [0.1, 0.15) is 11.2 Å². The predicted octanol–water partition coefficient (Wildman–Crippen LogP) is 15.8. The van der Waals surface area contributed by atoms with Crippen molar-refractivity contribution in [2.24, 2.45) is 4.99 Å². The lowest BCUT2D eigenvalue weighted by Gasteiger charge is -2.28. The van der Waals surface area contributed by atoms with Crippen molar-refractivity contribution in [3.63, 3.8) is 0 Å². The molecule has 4 heteroatoms. The summed E-state index contributed by atoms with van der Waals surface area (Å²) >= 11 is 0. The molecule has 310 valence electrons. The highest BCUT2D eigenvalue weighted by molar-refractivity contribution is 6.16. The standard InChI is InChI=1S/C60H49N3O/c1-41(42(2)59(49-25-14-7-15-26-49)61-43(3)44-19-8-4-9-20-44)54-28-18-29-55(62-54)52-39-40-56(58-53-27-16-17-30-57(53)64-60(52)58)63(50-35-31-47(32-36-50)45-21-10-5-11-22-45)51-37-33-48(34-38-51)46-23-12-6-13-24-46/h4-40,43,54,62H,1-3H3/b42-41+,61-59+. The molecule has 9 aromatic rings. The molecule has 4 nitrogen and oxygen atoms in total. The first-order chi connectivity index (χ1) is 31.5. The molecule has 10 rings (SSSR count). The number of anilines is 3. The van der Waals surface area contributed by atoms with Crippen LogP contribution in [-0.2, 0) is 0 Å². The van der Waals surface area contributed by atoms with Gasteiger partial charge in [0.2, 0.25) is 0 Å². The molecule has 1 aliphatic heterocycles. The van der Waals surface area contributed by atoms with Crippen LogP contribution >= 0.6 is 0 Å². The van der Waals surface area contributed by atoms with Gasteiger partial charge in [-0.15, -0.1) is 0 Å². The zero-order valence-corrected chi connectivity index (χ0v) is 36.3. The van der Waals surface area contributed by atoms with Gasteiger partial charge in [-0.2, -0.15) is 0 Å². The molecule has 64 heavy (non-hydrogen) atoms. The van der Waals surface area contributed by atoms with Crippen molar-refractivity contribution >= 4 is 50.4 Å². The molecule has 0 bridgehead atoms. The maximum Gasteiger partial charge on any atom is 0.146 e. The summed E-state index contributed by atoms with van der Waals surface area (Å²) in [5, 5.41) is 6.04. The minimum absolute atomic E-state index is 0.00693. The van der Waals surface area contributed by atoms with Crippen molar-refractivity contribution in [3.8, 4) is 22.3 Å². The zero-order chi connectivity index (χ0) is 43.4. The van der Waals surface area contributed by atoms with Gasteiger partial charge in [0.25, 0.3) is 0 Å². The van der Waals surface area contributed by atoms with Crippen molar-refractivity contribution < 1.29 is 4.42 Å². The minimum Gasteiger partial charge on any atom is -0.455 e. The highest BCUT2D eigenvalue weighted by Crippen LogP contribution is 2.46. The van der Waals surface area contributed by atoms with E-state index in [1.165, 1.54) is 33.4 Å². The van der Waals surface area contributed by atoms with E-state index in [0.717, 1.165) is 67.1 Å². The van der Waals surface area contributed by atoms with Crippen LogP contribution in [0.5, 0.6) is 0 Å². The summed E-state index contributed by atoms with van der Waals surface area (Å²) in [6, 6.07) is 72.7. The molecule has 0 fully saturated rings. The number of hydrogen-bond donors (Lipinski definition) is 1. The molecule has 2 heterocycles. The van der Waals surface area contributed by atoms with Crippen molar-refractivity contribution in [1.82, 2.24) is 5.32 Å². The van der Waals surface area contributed by atoms with Gasteiger partial charge in [0.05, 0.1) is 28.9 Å². The van der Waals surface area contributed by atoms with Crippen LogP contribution in [-0.4, -0.2) is 11.8 Å². The quantitative estimate of drug-likeness (QED) is 0.132. The zero-order valence-electron chi connectivity index (χ0n) is 36.3. The average Bonchev–Trinajstić information content (AvgIpc) is 3.77. The maximum atomic E-state index is 6.92. The van der Waals surface area contributed by atoms with Gasteiger partial charge in [0, 0.05) is 28.0 Å². The number of aliphatic imine (C=N–C) groups is 1. The SMILES string of the molecule is CC(/C(=N\C(C)c1ccccc1)c1ccccc1)=C(/C)C1C=CC=C(c2ccc(N(c3ccc(-c4ccccc4)cc3)c3ccc(-c4ccccc4)cc3)c3c2oc2ccccc23)N1. The molecule has 0 spiro atoms. The molecule has 1 aromatic heterocycles. The molecule has 2 atom stereocenters. The van der Waals surface area contributed by atoms with E-state index in [1.807, 2.05) is 6.07 Å². The fourth-order valence-electron chi connectivity index (χ4n) is 8.85. The third-order valence-corrected chi connectivity index (χ3v) is 12.4. The Morgan fingerprint density at radius 1 is 0.578 bits per heavy atom. The van der Waals surface area contributed by atoms with E-state index in [0.29, 0.717) is 0 Å². The number of nitrogens with zero attached hydrogens (tertiary/aromatic N) is 2. The second-order valence-electron chi connectivity index (χ2n) is 16.4. The van der Waals surface area contributed by atoms with E-state index in [4.69, 9.17) is 9.41 Å². The number of benzene rings is 8. The second kappa shape index (κ2) is 17.8. The Morgan fingerprint density at radius 2 is 1.11 bits per heavy atom. The highest BCUT2D eigenvalue weighted by atomic mass is 16.3. The monoisotopic (exact) mass is 827 g/mol. The van der Waals surface area contributed by atoms with Crippen LogP contribution in [0.25, 0.3) is 49.9 Å². The fraction of sp³-hybridized carbons (Fsp3) is 0.0833. The summed E-state index contributed by atoms with van der Waals surface area (Å²) in [5.41, 5.74) is 17.2. The first-order valence-corrected chi connectivity index (χ1v) is 22.1. The van der Waals surface area contributed by atoms with E-state index in [1.54, 1.807) is 0 Å². The first-order valence-electron chi connectivity index (χ1n) is 22.1. The molecule has 0 saturated heterocycles. The predicted molar refractivity (Wildman–Crippen MR) is 270 cm³/mol. The van der Waals surface area contributed by atoms with Crippen molar-refractivity contribution in [3.05, 3.63) is 252 Å². The molecular formula is C60H49N3O. The van der Waals surface area contributed by atoms with E-state index < -0.39 is 0 Å². The Labute approximate surface area is 375 Å². The summed E-state index contributed by atoms with van der Waals surface area (Å²) in [4.78, 5) is 7.73. The van der Waals surface area contributed by atoms with Crippen LogP contribution < -0.4 is 10.2 Å². The summed E-state index contributed by atoms with van der Waals surface area (Å²) in [7, 11) is 0. The normalized spacial score (nSPS) is 14.8. The third kappa shape index (κ3) is 7.98. The van der Waals surface area contributed by atoms with E-state index in [-0.39, 0.29) is 12.1 Å². The van der Waals surface area contributed by atoms with Gasteiger partial charge in [-0.05, 0) is 114 Å². The van der Waals surface area contributed by atoms with E-state index in [9.17, 15) is 0 Å². The first kappa shape index (κ1) is 40.1. The number of nitrogens with one attached hydrogen (secondary N) is 1. The number of dihydropyridines is 1. The summed E-state index contributed by atoms with van der Waals surface area (Å²) < 4.78 is 6.92. The number of para-hydroxylation sites is 1. The number of fused-ring (bicyclic) bond motifs is 3. The topological polar surface area (TPSA) is 40.8 Å². The third-order valence-electron chi connectivity index (χ3n) is 12.4. The smallest absolute Gasteiger partial charge is 0.146 e. The van der Waals surface area contributed by atoms with E-state index >= 15 is 0 Å². The Morgan fingerprint density at radius 3 is 1.72 bits per heavy atom. The molecule has 1 N–H and O–H groups in total. The number of hydrogen-bond acceptors (Lipinski definition) is 4. The number of allylic oxidation sites excluding steroid dienone is 3. The van der Waals surface area contributed by atoms with Crippen molar-refractivity contribution in [1.29, 1.82) is 0 Å². The lowest BCUT2D eigenvalue weighted by Crippen LogP contribution is -2.30. The molecule has 0 radical (unpaired) electrons. The van der Waals surface area contributed by atoms with E-state index in [2.05, 4.69) is 249 Å². The minimum atomic E-state index is -0.0668. The molecular weight excluding hydrogens is 779 g/mol. The molecule has 0 saturated carbocycles. The van der Waals surface area contributed by atoms with Gasteiger partial charge in [-0.1, -0.05) is 176 Å². The number of furan rings is 1. The van der Waals surface area contributed by atoms with Gasteiger partial charge in [-0.25, -0.2) is 0 Å². The van der Waals surface area contributed by atoms with Gasteiger partial charge in [-0.3, -0.25) is 4.99 Å². The van der Waals surface area contributed by atoms with Gasteiger partial charge < -0.3 is 14.6 Å². The lowest BCUT2D eigenvalue weighted by molar-refractivity contribution is 0.666. The van der Waals surface area contributed by atoms with Gasteiger partial charge in [0.15, 0.2) is 0 Å². The number of rotatable bonds is 11. The lowest BCUT2D eigenvalue weighted by atomic mass is 9.93. The molecule has 0 amide bonds. The Bertz CT molecular complexity index is 3100. The highest BCUT2D eigenvalue weighted by Gasteiger charge is 2.25. The summed E-state index contributed by atoms with van der Waals surface area (Å²) in [5.74, 6) is 0. The molecule has 1 aliphatic rings. The Hall–Kier alpha value is -7.95. The van der Waals surface area contributed by atoms with Crippen LogP contribution in [0.1, 0.15) is 43.5 Å². The average molecular weight is 828 g/mol. The van der Waals surface area contributed by atoms with Crippen LogP contribution in [0.3, 0.4) is 0 Å². The Kier molecular flexibility index (Phi) is 11.2. The van der Waals surface area contributed by atoms with Crippen LogP contribution in [0, 0.1) is 0 Å². The largest absolute Gasteiger partial charge is 0.455 e. The van der Waals surface area contributed by atoms with Crippen LogP contribution in [0.2, 0.25) is 0 Å². The fourth-order valence-corrected chi connectivity index (χ4v) is 8.85. The summed E-state index contributed by atoms with van der Waals surface area (Å²) in [6.45, 7) is 6.59. The Balaban J connectivity index is 1.06. The molecule has 0 aliphatic carbocycles. The molecule has 2 unspecified atom stereocenters. The van der Waals surface area contributed by atoms with Gasteiger partial charge >= 0.3 is 0 Å². The van der Waals surface area contributed by atoms with Crippen molar-refractivity contribution in [2.45, 2.75) is 32.9 Å². The molecule has 8 aromatic carbocycles. The second-order valence-corrected chi connectivity index (χ2v) is 16.4. The summed E-state index contributed by atoms with van der Waals surface area (Å²) in [6.07, 6.45) is 6.55. The maximum absolute atomic E-state index is 6.92. The van der Waals surface area contributed by atoms with Crippen LogP contribution in [0.4, 0.5) is 17.1 Å².